The predicted octanol–water partition coefficient (Wildman–Crippen LogP) is 6.83. The molecular formula is C23H34O. The molecule has 1 aromatic carbocycles. The first-order valence-corrected chi connectivity index (χ1v) is 9.76. The van der Waals surface area contributed by atoms with Crippen molar-refractivity contribution >= 4 is 0 Å². The first-order chi connectivity index (χ1) is 11.8. The van der Waals surface area contributed by atoms with E-state index in [0.717, 1.165) is 30.4 Å². The molecule has 0 N–H and O–H groups in total. The van der Waals surface area contributed by atoms with E-state index in [1.54, 1.807) is 0 Å². The lowest BCUT2D eigenvalue weighted by atomic mass is 9.77. The van der Waals surface area contributed by atoms with Crippen LogP contribution in [0.3, 0.4) is 0 Å². The summed E-state index contributed by atoms with van der Waals surface area (Å²) >= 11 is 0. The van der Waals surface area contributed by atoms with E-state index in [2.05, 4.69) is 50.8 Å². The summed E-state index contributed by atoms with van der Waals surface area (Å²) < 4.78 is 5.83. The van der Waals surface area contributed by atoms with Gasteiger partial charge >= 0.3 is 0 Å². The van der Waals surface area contributed by atoms with Gasteiger partial charge in [0.05, 0.1) is 0 Å². The molecule has 132 valence electrons. The Morgan fingerprint density at radius 3 is 2.67 bits per heavy atom. The molecule has 0 aromatic heterocycles. The second-order valence-corrected chi connectivity index (χ2v) is 7.08. The van der Waals surface area contributed by atoms with Crippen LogP contribution < -0.4 is 4.74 Å². The van der Waals surface area contributed by atoms with Crippen molar-refractivity contribution in [2.75, 3.05) is 6.61 Å². The number of ether oxygens (including phenoxy) is 1. The Kier molecular flexibility index (Phi) is 8.15. The van der Waals surface area contributed by atoms with Crippen molar-refractivity contribution < 1.29 is 4.74 Å². The van der Waals surface area contributed by atoms with Crippen molar-refractivity contribution in [2.45, 2.75) is 71.1 Å². The van der Waals surface area contributed by atoms with Gasteiger partial charge in [0, 0.05) is 0 Å². The van der Waals surface area contributed by atoms with Gasteiger partial charge in [-0.05, 0) is 80.9 Å². The molecule has 0 amide bonds. The molecule has 1 fully saturated rings. The first-order valence-electron chi connectivity index (χ1n) is 9.76. The molecule has 0 atom stereocenters. The lowest BCUT2D eigenvalue weighted by Gasteiger charge is -2.29. The molecule has 1 aromatic rings. The molecule has 1 saturated carbocycles. The number of allylic oxidation sites excluding steroid dienone is 2. The molecule has 0 saturated heterocycles. The van der Waals surface area contributed by atoms with Crippen LogP contribution in [0.2, 0.25) is 0 Å². The van der Waals surface area contributed by atoms with E-state index in [9.17, 15) is 0 Å². The lowest BCUT2D eigenvalue weighted by molar-refractivity contribution is 0.311. The molecule has 24 heavy (non-hydrogen) atoms. The second kappa shape index (κ2) is 10.4. The van der Waals surface area contributed by atoms with Crippen LogP contribution in [-0.2, 0) is 6.42 Å². The van der Waals surface area contributed by atoms with Crippen molar-refractivity contribution in [1.29, 1.82) is 0 Å². The largest absolute Gasteiger partial charge is 0.489 e. The first kappa shape index (κ1) is 18.8. The fourth-order valence-corrected chi connectivity index (χ4v) is 3.89. The van der Waals surface area contributed by atoms with Crippen LogP contribution >= 0.6 is 0 Å². The Balaban J connectivity index is 1.96. The molecule has 0 heterocycles. The maximum absolute atomic E-state index is 5.83. The maximum Gasteiger partial charge on any atom is 0.122 e. The Bertz CT molecular complexity index is 521. The topological polar surface area (TPSA) is 9.23 Å². The van der Waals surface area contributed by atoms with E-state index in [0.29, 0.717) is 6.61 Å². The second-order valence-electron chi connectivity index (χ2n) is 7.08. The fourth-order valence-electron chi connectivity index (χ4n) is 3.89. The van der Waals surface area contributed by atoms with Crippen molar-refractivity contribution in [3.8, 4) is 5.75 Å². The standard InChI is InChI=1S/C23H34O/c1-4-7-8-10-19-11-13-20(14-12-19)21-15-16-23(24-17-6-3)22(18-21)9-5-2/h4,6-7,15-16,18-20H,3,5,8-14,17H2,1-2H3/t19-,20-. The Morgan fingerprint density at radius 2 is 2.00 bits per heavy atom. The van der Waals surface area contributed by atoms with E-state index < -0.39 is 0 Å². The van der Waals surface area contributed by atoms with Crippen LogP contribution in [0.15, 0.2) is 43.0 Å². The van der Waals surface area contributed by atoms with E-state index in [1.807, 2.05) is 6.08 Å². The molecule has 1 aliphatic rings. The summed E-state index contributed by atoms with van der Waals surface area (Å²) in [5.74, 6) is 2.72. The third-order valence-electron chi connectivity index (χ3n) is 5.26. The SMILES string of the molecule is C=CCOc1ccc([C@H]2CC[C@H](CCC=CC)CC2)cc1CCC. The highest BCUT2D eigenvalue weighted by atomic mass is 16.5. The minimum absolute atomic E-state index is 0.591. The van der Waals surface area contributed by atoms with Gasteiger partial charge in [0.1, 0.15) is 12.4 Å². The molecule has 0 aliphatic heterocycles. The summed E-state index contributed by atoms with van der Waals surface area (Å²) in [6, 6.07) is 6.89. The molecule has 0 spiro atoms. The zero-order chi connectivity index (χ0) is 17.2. The summed E-state index contributed by atoms with van der Waals surface area (Å²) in [7, 11) is 0. The fraction of sp³-hybridized carbons (Fsp3) is 0.565. The van der Waals surface area contributed by atoms with E-state index in [-0.39, 0.29) is 0 Å². The smallest absolute Gasteiger partial charge is 0.122 e. The predicted molar refractivity (Wildman–Crippen MR) is 105 cm³/mol. The summed E-state index contributed by atoms with van der Waals surface area (Å²) in [6.07, 6.45) is 16.7. The Hall–Kier alpha value is -1.50. The molecule has 1 aliphatic carbocycles. The molecule has 2 rings (SSSR count). The molecular weight excluding hydrogens is 292 g/mol. The third-order valence-corrected chi connectivity index (χ3v) is 5.26. The molecule has 0 bridgehead atoms. The molecule has 1 nitrogen and oxygen atoms in total. The summed E-state index contributed by atoms with van der Waals surface area (Å²) in [5, 5.41) is 0. The van der Waals surface area contributed by atoms with Gasteiger partial charge in [0.25, 0.3) is 0 Å². The molecule has 0 unspecified atom stereocenters. The quantitative estimate of drug-likeness (QED) is 0.452. The van der Waals surface area contributed by atoms with E-state index in [1.165, 1.54) is 49.7 Å². The van der Waals surface area contributed by atoms with Gasteiger partial charge in [-0.2, -0.15) is 0 Å². The molecule has 1 heteroatoms. The van der Waals surface area contributed by atoms with Gasteiger partial charge in [-0.25, -0.2) is 0 Å². The van der Waals surface area contributed by atoms with Crippen LogP contribution in [0.25, 0.3) is 0 Å². The van der Waals surface area contributed by atoms with Gasteiger partial charge < -0.3 is 4.74 Å². The van der Waals surface area contributed by atoms with Crippen LogP contribution in [0.1, 0.15) is 75.8 Å². The summed E-state index contributed by atoms with van der Waals surface area (Å²) in [4.78, 5) is 0. The minimum Gasteiger partial charge on any atom is -0.489 e. The van der Waals surface area contributed by atoms with Gasteiger partial charge in [-0.1, -0.05) is 50.3 Å². The normalized spacial score (nSPS) is 21.1. The number of benzene rings is 1. The van der Waals surface area contributed by atoms with Crippen molar-refractivity contribution in [2.24, 2.45) is 5.92 Å². The zero-order valence-corrected chi connectivity index (χ0v) is 15.6. The highest BCUT2D eigenvalue weighted by Gasteiger charge is 2.22. The van der Waals surface area contributed by atoms with Gasteiger partial charge in [0.2, 0.25) is 0 Å². The van der Waals surface area contributed by atoms with Crippen molar-refractivity contribution in [3.05, 3.63) is 54.1 Å². The number of hydrogen-bond acceptors (Lipinski definition) is 1. The molecule has 0 radical (unpaired) electrons. The summed E-state index contributed by atoms with van der Waals surface area (Å²) in [6.45, 7) is 8.69. The lowest BCUT2D eigenvalue weighted by Crippen LogP contribution is -2.13. The average molecular weight is 327 g/mol. The Morgan fingerprint density at radius 1 is 1.21 bits per heavy atom. The van der Waals surface area contributed by atoms with Gasteiger partial charge in [-0.15, -0.1) is 0 Å². The number of rotatable bonds is 9. The van der Waals surface area contributed by atoms with Crippen LogP contribution in [0, 0.1) is 5.92 Å². The highest BCUT2D eigenvalue weighted by molar-refractivity contribution is 5.39. The van der Waals surface area contributed by atoms with Gasteiger partial charge in [0.15, 0.2) is 0 Å². The Labute approximate surface area is 148 Å². The monoisotopic (exact) mass is 326 g/mol. The van der Waals surface area contributed by atoms with Crippen LogP contribution in [-0.4, -0.2) is 6.61 Å². The zero-order valence-electron chi connectivity index (χ0n) is 15.6. The van der Waals surface area contributed by atoms with E-state index in [4.69, 9.17) is 4.74 Å². The van der Waals surface area contributed by atoms with Crippen LogP contribution in [0.5, 0.6) is 5.75 Å². The number of aryl methyl sites for hydroxylation is 1. The van der Waals surface area contributed by atoms with Crippen molar-refractivity contribution in [1.82, 2.24) is 0 Å². The van der Waals surface area contributed by atoms with Gasteiger partial charge in [-0.3, -0.25) is 0 Å². The minimum atomic E-state index is 0.591. The third kappa shape index (κ3) is 5.54. The van der Waals surface area contributed by atoms with Crippen molar-refractivity contribution in [3.63, 3.8) is 0 Å². The highest BCUT2D eigenvalue weighted by Crippen LogP contribution is 2.38. The number of hydrogen-bond donors (Lipinski definition) is 0. The van der Waals surface area contributed by atoms with E-state index >= 15 is 0 Å². The average Bonchev–Trinajstić information content (AvgIpc) is 2.62. The maximum atomic E-state index is 5.83. The van der Waals surface area contributed by atoms with Crippen LogP contribution in [0.4, 0.5) is 0 Å². The summed E-state index contributed by atoms with van der Waals surface area (Å²) in [5.41, 5.74) is 2.89.